The van der Waals surface area contributed by atoms with E-state index in [4.69, 9.17) is 27.7 Å². The predicted molar refractivity (Wildman–Crippen MR) is 101 cm³/mol. The molecule has 1 aliphatic carbocycles. The molecule has 1 aliphatic heterocycles. The molecule has 2 heterocycles. The molecule has 1 saturated carbocycles. The second kappa shape index (κ2) is 7.22. The Kier molecular flexibility index (Phi) is 4.95. The SMILES string of the molecule is CC1CN(Cc2ccc(Cl)cc2Cl)CC1NC(=O)c1cc(C2CC2)on1. The molecule has 0 radical (unpaired) electrons. The van der Waals surface area contributed by atoms with Crippen molar-refractivity contribution in [2.45, 2.75) is 38.3 Å². The number of amides is 1. The molecule has 26 heavy (non-hydrogen) atoms. The Labute approximate surface area is 162 Å². The zero-order valence-corrected chi connectivity index (χ0v) is 16.1. The topological polar surface area (TPSA) is 58.4 Å². The molecule has 0 bridgehead atoms. The largest absolute Gasteiger partial charge is 0.360 e. The fourth-order valence-electron chi connectivity index (χ4n) is 3.47. The Bertz CT molecular complexity index is 819. The molecule has 1 amide bonds. The summed E-state index contributed by atoms with van der Waals surface area (Å²) < 4.78 is 5.28. The molecule has 1 aromatic carbocycles. The van der Waals surface area contributed by atoms with Gasteiger partial charge in [0.2, 0.25) is 0 Å². The van der Waals surface area contributed by atoms with Crippen molar-refractivity contribution in [3.63, 3.8) is 0 Å². The van der Waals surface area contributed by atoms with Crippen LogP contribution in [0.15, 0.2) is 28.8 Å². The molecule has 2 aliphatic rings. The van der Waals surface area contributed by atoms with Gasteiger partial charge in [-0.15, -0.1) is 0 Å². The van der Waals surface area contributed by atoms with Gasteiger partial charge >= 0.3 is 0 Å². The van der Waals surface area contributed by atoms with Gasteiger partial charge in [-0.1, -0.05) is 41.3 Å². The molecular weight excluding hydrogens is 373 g/mol. The normalized spacial score (nSPS) is 23.3. The number of nitrogens with zero attached hydrogens (tertiary/aromatic N) is 2. The minimum Gasteiger partial charge on any atom is -0.360 e. The lowest BCUT2D eigenvalue weighted by molar-refractivity contribution is 0.0922. The highest BCUT2D eigenvalue weighted by atomic mass is 35.5. The van der Waals surface area contributed by atoms with Crippen molar-refractivity contribution >= 4 is 29.1 Å². The Morgan fingerprint density at radius 3 is 2.85 bits per heavy atom. The van der Waals surface area contributed by atoms with Gasteiger partial charge in [0.1, 0.15) is 5.76 Å². The first-order chi connectivity index (χ1) is 12.5. The summed E-state index contributed by atoms with van der Waals surface area (Å²) in [7, 11) is 0. The van der Waals surface area contributed by atoms with Crippen LogP contribution in [-0.4, -0.2) is 35.1 Å². The third-order valence-corrected chi connectivity index (χ3v) is 5.74. The Morgan fingerprint density at radius 2 is 2.12 bits per heavy atom. The molecule has 2 atom stereocenters. The van der Waals surface area contributed by atoms with Crippen molar-refractivity contribution in [1.82, 2.24) is 15.4 Å². The van der Waals surface area contributed by atoms with Gasteiger partial charge in [-0.25, -0.2) is 0 Å². The summed E-state index contributed by atoms with van der Waals surface area (Å²) in [4.78, 5) is 14.8. The molecule has 5 nitrogen and oxygen atoms in total. The van der Waals surface area contributed by atoms with E-state index in [0.29, 0.717) is 27.6 Å². The van der Waals surface area contributed by atoms with Gasteiger partial charge in [-0.05, 0) is 36.5 Å². The van der Waals surface area contributed by atoms with Crippen molar-refractivity contribution in [3.05, 3.63) is 51.3 Å². The van der Waals surface area contributed by atoms with E-state index >= 15 is 0 Å². The first-order valence-corrected chi connectivity index (χ1v) is 9.69. The van der Waals surface area contributed by atoms with E-state index in [0.717, 1.165) is 43.8 Å². The molecule has 0 spiro atoms. The molecular formula is C19H21Cl2N3O2. The van der Waals surface area contributed by atoms with Gasteiger partial charge in [0.15, 0.2) is 5.69 Å². The zero-order valence-electron chi connectivity index (χ0n) is 14.5. The zero-order chi connectivity index (χ0) is 18.3. The minimum absolute atomic E-state index is 0.0784. The fraction of sp³-hybridized carbons (Fsp3) is 0.474. The highest BCUT2D eigenvalue weighted by Crippen LogP contribution is 2.40. The number of aromatic nitrogens is 1. The van der Waals surface area contributed by atoms with Crippen LogP contribution in [0, 0.1) is 5.92 Å². The van der Waals surface area contributed by atoms with Gasteiger partial charge in [0.05, 0.1) is 0 Å². The van der Waals surface area contributed by atoms with Crippen LogP contribution in [-0.2, 0) is 6.54 Å². The lowest BCUT2D eigenvalue weighted by atomic mass is 10.1. The maximum absolute atomic E-state index is 12.5. The van der Waals surface area contributed by atoms with Gasteiger partial charge in [0, 0.05) is 47.7 Å². The smallest absolute Gasteiger partial charge is 0.273 e. The minimum atomic E-state index is -0.163. The monoisotopic (exact) mass is 393 g/mol. The maximum Gasteiger partial charge on any atom is 0.273 e. The first kappa shape index (κ1) is 17.8. The summed E-state index contributed by atoms with van der Waals surface area (Å²) in [6, 6.07) is 7.42. The summed E-state index contributed by atoms with van der Waals surface area (Å²) in [5.74, 6) is 1.46. The maximum atomic E-state index is 12.5. The Morgan fingerprint density at radius 1 is 1.31 bits per heavy atom. The van der Waals surface area contributed by atoms with Crippen molar-refractivity contribution in [3.8, 4) is 0 Å². The number of carbonyl (C=O) groups excluding carboxylic acids is 1. The van der Waals surface area contributed by atoms with Crippen LogP contribution < -0.4 is 5.32 Å². The van der Waals surface area contributed by atoms with Crippen LogP contribution in [0.2, 0.25) is 10.0 Å². The molecule has 2 aromatic rings. The number of hydrogen-bond donors (Lipinski definition) is 1. The molecule has 7 heteroatoms. The quantitative estimate of drug-likeness (QED) is 0.829. The second-order valence-electron chi connectivity index (χ2n) is 7.38. The van der Waals surface area contributed by atoms with Gasteiger partial charge in [-0.2, -0.15) is 0 Å². The molecule has 2 fully saturated rings. The highest BCUT2D eigenvalue weighted by Gasteiger charge is 2.33. The van der Waals surface area contributed by atoms with Crippen molar-refractivity contribution < 1.29 is 9.32 Å². The molecule has 138 valence electrons. The number of halogens is 2. The summed E-state index contributed by atoms with van der Waals surface area (Å²) >= 11 is 12.2. The fourth-order valence-corrected chi connectivity index (χ4v) is 3.94. The van der Waals surface area contributed by atoms with E-state index in [9.17, 15) is 4.79 Å². The summed E-state index contributed by atoms with van der Waals surface area (Å²) in [5.41, 5.74) is 1.42. The number of likely N-dealkylation sites (tertiary alicyclic amines) is 1. The molecule has 2 unspecified atom stereocenters. The third kappa shape index (κ3) is 3.90. The summed E-state index contributed by atoms with van der Waals surface area (Å²) in [6.45, 7) is 4.56. The van der Waals surface area contributed by atoms with Gasteiger partial charge < -0.3 is 9.84 Å². The van der Waals surface area contributed by atoms with E-state index in [1.54, 1.807) is 12.1 Å². The summed E-state index contributed by atoms with van der Waals surface area (Å²) in [6.07, 6.45) is 2.25. The third-order valence-electron chi connectivity index (χ3n) is 5.15. The van der Waals surface area contributed by atoms with Crippen molar-refractivity contribution in [1.29, 1.82) is 0 Å². The summed E-state index contributed by atoms with van der Waals surface area (Å²) in [5, 5.41) is 8.33. The Balaban J connectivity index is 1.36. The van der Waals surface area contributed by atoms with Gasteiger partial charge in [-0.3, -0.25) is 9.69 Å². The first-order valence-electron chi connectivity index (χ1n) is 8.93. The predicted octanol–water partition coefficient (Wildman–Crippen LogP) is 4.11. The number of carbonyl (C=O) groups is 1. The van der Waals surface area contributed by atoms with E-state index < -0.39 is 0 Å². The number of rotatable bonds is 5. The lowest BCUT2D eigenvalue weighted by Crippen LogP contribution is -2.40. The van der Waals surface area contributed by atoms with Crippen molar-refractivity contribution in [2.24, 2.45) is 5.92 Å². The van der Waals surface area contributed by atoms with Gasteiger partial charge in [0.25, 0.3) is 5.91 Å². The number of hydrogen-bond acceptors (Lipinski definition) is 4. The number of nitrogens with one attached hydrogen (secondary N) is 1. The average Bonchev–Trinajstić information content (AvgIpc) is 3.22. The highest BCUT2D eigenvalue weighted by molar-refractivity contribution is 6.35. The van der Waals surface area contributed by atoms with Crippen LogP contribution in [0.5, 0.6) is 0 Å². The number of benzene rings is 1. The lowest BCUT2D eigenvalue weighted by Gasteiger charge is -2.17. The van der Waals surface area contributed by atoms with E-state index in [1.807, 2.05) is 12.1 Å². The average molecular weight is 394 g/mol. The van der Waals surface area contributed by atoms with Crippen LogP contribution in [0.25, 0.3) is 0 Å². The van der Waals surface area contributed by atoms with Crippen molar-refractivity contribution in [2.75, 3.05) is 13.1 Å². The van der Waals surface area contributed by atoms with Crippen LogP contribution in [0.3, 0.4) is 0 Å². The standard InChI is InChI=1S/C19H21Cl2N3O2/c1-11-8-24(9-13-4-5-14(20)6-15(13)21)10-17(11)22-19(25)16-7-18(26-23-16)12-2-3-12/h4-7,11-12,17H,2-3,8-10H2,1H3,(H,22,25). The van der Waals surface area contributed by atoms with Crippen LogP contribution >= 0.6 is 23.2 Å². The molecule has 1 aromatic heterocycles. The van der Waals surface area contributed by atoms with E-state index in [1.165, 1.54) is 0 Å². The molecule has 1 N–H and O–H groups in total. The molecule has 4 rings (SSSR count). The van der Waals surface area contributed by atoms with E-state index in [-0.39, 0.29) is 11.9 Å². The molecule has 1 saturated heterocycles. The van der Waals surface area contributed by atoms with Crippen LogP contribution in [0.1, 0.15) is 47.5 Å². The van der Waals surface area contributed by atoms with E-state index in [2.05, 4.69) is 22.3 Å². The van der Waals surface area contributed by atoms with Crippen LogP contribution in [0.4, 0.5) is 0 Å². The second-order valence-corrected chi connectivity index (χ2v) is 8.22. The Hall–Kier alpha value is -1.56.